The lowest BCUT2D eigenvalue weighted by atomic mass is 10.1. The van der Waals surface area contributed by atoms with Gasteiger partial charge in [0, 0.05) is 6.20 Å². The van der Waals surface area contributed by atoms with Crippen LogP contribution in [0.15, 0.2) is 18.3 Å². The second-order valence-corrected chi connectivity index (χ2v) is 3.23. The number of benzene rings is 1. The van der Waals surface area contributed by atoms with Crippen LogP contribution in [-0.2, 0) is 0 Å². The van der Waals surface area contributed by atoms with Gasteiger partial charge in [0.25, 0.3) is 0 Å². The first-order chi connectivity index (χ1) is 7.69. The van der Waals surface area contributed by atoms with E-state index in [0.717, 1.165) is 0 Å². The van der Waals surface area contributed by atoms with Gasteiger partial charge >= 0.3 is 5.97 Å². The molecule has 1 aromatic heterocycles. The largest absolute Gasteiger partial charge is 0.493 e. The number of carbonyl (C=O) groups is 1. The molecule has 0 unspecified atom stereocenters. The third-order valence-corrected chi connectivity index (χ3v) is 2.42. The van der Waals surface area contributed by atoms with Crippen molar-refractivity contribution in [3.05, 3.63) is 23.9 Å². The van der Waals surface area contributed by atoms with E-state index in [1.165, 1.54) is 20.4 Å². The van der Waals surface area contributed by atoms with E-state index >= 15 is 0 Å². The fourth-order valence-corrected chi connectivity index (χ4v) is 1.71. The van der Waals surface area contributed by atoms with Crippen molar-refractivity contribution >= 4 is 16.9 Å². The molecule has 0 atom stereocenters. The molecule has 5 nitrogen and oxygen atoms in total. The molecule has 0 aliphatic rings. The molecule has 0 aliphatic heterocycles. The van der Waals surface area contributed by atoms with Crippen LogP contribution in [0.2, 0.25) is 0 Å². The minimum atomic E-state index is -1.00. The summed E-state index contributed by atoms with van der Waals surface area (Å²) >= 11 is 0. The van der Waals surface area contributed by atoms with E-state index in [4.69, 9.17) is 14.6 Å². The summed E-state index contributed by atoms with van der Waals surface area (Å²) in [5, 5.41) is 9.56. The number of aromatic nitrogens is 1. The SMILES string of the molecule is COc1ccc2[nH]cc(C(=O)O)c2c1OC. The van der Waals surface area contributed by atoms with Gasteiger partial charge < -0.3 is 19.6 Å². The maximum absolute atomic E-state index is 11.0. The van der Waals surface area contributed by atoms with Gasteiger partial charge in [-0.1, -0.05) is 0 Å². The molecule has 0 spiro atoms. The maximum atomic E-state index is 11.0. The summed E-state index contributed by atoms with van der Waals surface area (Å²) in [4.78, 5) is 13.9. The zero-order chi connectivity index (χ0) is 11.7. The predicted octanol–water partition coefficient (Wildman–Crippen LogP) is 1.88. The molecule has 84 valence electrons. The number of fused-ring (bicyclic) bond motifs is 1. The van der Waals surface area contributed by atoms with E-state index in [9.17, 15) is 4.79 Å². The summed E-state index contributed by atoms with van der Waals surface area (Å²) < 4.78 is 10.3. The second kappa shape index (κ2) is 3.77. The summed E-state index contributed by atoms with van der Waals surface area (Å²) in [6, 6.07) is 3.48. The molecule has 0 saturated carbocycles. The van der Waals surface area contributed by atoms with Gasteiger partial charge in [0.2, 0.25) is 0 Å². The van der Waals surface area contributed by atoms with Crippen molar-refractivity contribution < 1.29 is 19.4 Å². The number of rotatable bonds is 3. The minimum absolute atomic E-state index is 0.172. The van der Waals surface area contributed by atoms with E-state index < -0.39 is 5.97 Å². The molecule has 0 fully saturated rings. The fraction of sp³-hybridized carbons (Fsp3) is 0.182. The zero-order valence-corrected chi connectivity index (χ0v) is 8.90. The maximum Gasteiger partial charge on any atom is 0.338 e. The number of ether oxygens (including phenoxy) is 2. The number of aromatic amines is 1. The van der Waals surface area contributed by atoms with Crippen LogP contribution >= 0.6 is 0 Å². The monoisotopic (exact) mass is 221 g/mol. The number of carboxylic acids is 1. The molecular formula is C11H11NO4. The number of hydrogen-bond donors (Lipinski definition) is 2. The molecule has 0 aliphatic carbocycles. The average molecular weight is 221 g/mol. The summed E-state index contributed by atoms with van der Waals surface area (Å²) in [6.07, 6.45) is 1.44. The quantitative estimate of drug-likeness (QED) is 0.830. The highest BCUT2D eigenvalue weighted by atomic mass is 16.5. The average Bonchev–Trinajstić information content (AvgIpc) is 2.71. The van der Waals surface area contributed by atoms with Crippen molar-refractivity contribution in [2.24, 2.45) is 0 Å². The molecule has 0 bridgehead atoms. The molecule has 0 radical (unpaired) electrons. The van der Waals surface area contributed by atoms with Crippen molar-refractivity contribution in [2.75, 3.05) is 14.2 Å². The van der Waals surface area contributed by atoms with Crippen molar-refractivity contribution in [3.8, 4) is 11.5 Å². The lowest BCUT2D eigenvalue weighted by Gasteiger charge is -2.08. The Morgan fingerprint density at radius 2 is 2.06 bits per heavy atom. The first-order valence-electron chi connectivity index (χ1n) is 4.64. The Balaban J connectivity index is 2.82. The summed E-state index contributed by atoms with van der Waals surface area (Å²) in [7, 11) is 2.99. The smallest absolute Gasteiger partial charge is 0.338 e. The molecule has 5 heteroatoms. The molecule has 2 rings (SSSR count). The van der Waals surface area contributed by atoms with Crippen LogP contribution in [0.25, 0.3) is 10.9 Å². The highest BCUT2D eigenvalue weighted by Gasteiger charge is 2.17. The normalized spacial score (nSPS) is 10.4. The number of H-pyrrole nitrogens is 1. The standard InChI is InChI=1S/C11H11NO4/c1-15-8-4-3-7-9(10(8)16-2)6(5-12-7)11(13)14/h3-5,12H,1-2H3,(H,13,14). The predicted molar refractivity (Wildman–Crippen MR) is 58.4 cm³/mol. The molecular weight excluding hydrogens is 210 g/mol. The molecule has 16 heavy (non-hydrogen) atoms. The van der Waals surface area contributed by atoms with Crippen LogP contribution in [0, 0.1) is 0 Å². The van der Waals surface area contributed by atoms with Gasteiger partial charge in [-0.2, -0.15) is 0 Å². The van der Waals surface area contributed by atoms with E-state index in [1.807, 2.05) is 0 Å². The molecule has 2 N–H and O–H groups in total. The highest BCUT2D eigenvalue weighted by molar-refractivity contribution is 6.06. The van der Waals surface area contributed by atoms with Crippen LogP contribution in [0.4, 0.5) is 0 Å². The lowest BCUT2D eigenvalue weighted by Crippen LogP contribution is -1.97. The Morgan fingerprint density at radius 1 is 1.31 bits per heavy atom. The summed E-state index contributed by atoms with van der Waals surface area (Å²) in [5.41, 5.74) is 0.876. The fourth-order valence-electron chi connectivity index (χ4n) is 1.71. The third-order valence-electron chi connectivity index (χ3n) is 2.42. The molecule has 0 saturated heterocycles. The highest BCUT2D eigenvalue weighted by Crippen LogP contribution is 2.37. The van der Waals surface area contributed by atoms with Crippen molar-refractivity contribution in [1.29, 1.82) is 0 Å². The minimum Gasteiger partial charge on any atom is -0.493 e. The van der Waals surface area contributed by atoms with Gasteiger partial charge in [0.05, 0.1) is 30.7 Å². The Hall–Kier alpha value is -2.17. The first-order valence-corrected chi connectivity index (χ1v) is 4.64. The number of hydrogen-bond acceptors (Lipinski definition) is 3. The second-order valence-electron chi connectivity index (χ2n) is 3.23. The van der Waals surface area contributed by atoms with Crippen LogP contribution < -0.4 is 9.47 Å². The van der Waals surface area contributed by atoms with Gasteiger partial charge in [0.15, 0.2) is 11.5 Å². The molecule has 2 aromatic rings. The first kappa shape index (κ1) is 10.4. The molecule has 0 amide bonds. The van der Waals surface area contributed by atoms with Crippen molar-refractivity contribution in [1.82, 2.24) is 4.98 Å². The lowest BCUT2D eigenvalue weighted by molar-refractivity contribution is 0.0699. The number of methoxy groups -OCH3 is 2. The number of aromatic carboxylic acids is 1. The third kappa shape index (κ3) is 1.37. The van der Waals surface area contributed by atoms with E-state index in [0.29, 0.717) is 22.4 Å². The van der Waals surface area contributed by atoms with Crippen LogP contribution in [0.5, 0.6) is 11.5 Å². The van der Waals surface area contributed by atoms with Gasteiger partial charge in [-0.15, -0.1) is 0 Å². The number of nitrogens with one attached hydrogen (secondary N) is 1. The van der Waals surface area contributed by atoms with Crippen molar-refractivity contribution in [3.63, 3.8) is 0 Å². The van der Waals surface area contributed by atoms with Crippen LogP contribution in [-0.4, -0.2) is 30.3 Å². The van der Waals surface area contributed by atoms with Gasteiger partial charge in [0.1, 0.15) is 0 Å². The summed E-state index contributed by atoms with van der Waals surface area (Å²) in [6.45, 7) is 0. The van der Waals surface area contributed by atoms with E-state index in [-0.39, 0.29) is 5.56 Å². The number of carboxylic acid groups (broad SMARTS) is 1. The molecule has 1 aromatic carbocycles. The van der Waals surface area contributed by atoms with Crippen LogP contribution in [0.3, 0.4) is 0 Å². The van der Waals surface area contributed by atoms with E-state index in [2.05, 4.69) is 4.98 Å². The topological polar surface area (TPSA) is 71.6 Å². The van der Waals surface area contributed by atoms with Crippen molar-refractivity contribution in [2.45, 2.75) is 0 Å². The Bertz CT molecular complexity index is 544. The Kier molecular flexibility index (Phi) is 2.44. The summed E-state index contributed by atoms with van der Waals surface area (Å²) in [5.74, 6) is -0.0615. The Morgan fingerprint density at radius 3 is 2.62 bits per heavy atom. The van der Waals surface area contributed by atoms with Gasteiger partial charge in [-0.05, 0) is 12.1 Å². The van der Waals surface area contributed by atoms with Gasteiger partial charge in [-0.25, -0.2) is 4.79 Å². The zero-order valence-electron chi connectivity index (χ0n) is 8.90. The van der Waals surface area contributed by atoms with Crippen LogP contribution in [0.1, 0.15) is 10.4 Å². The van der Waals surface area contributed by atoms with Gasteiger partial charge in [-0.3, -0.25) is 0 Å². The van der Waals surface area contributed by atoms with E-state index in [1.54, 1.807) is 12.1 Å². The molecule has 1 heterocycles. The Labute approximate surface area is 91.6 Å².